The van der Waals surface area contributed by atoms with Crippen LogP contribution in [0.3, 0.4) is 0 Å². The Kier molecular flexibility index (Phi) is 2.50. The van der Waals surface area contributed by atoms with Gasteiger partial charge in [0.2, 0.25) is 0 Å². The molecule has 0 saturated carbocycles. The summed E-state index contributed by atoms with van der Waals surface area (Å²) in [7, 11) is 0. The fraction of sp³-hybridized carbons (Fsp3) is 0.333. The molecule has 22 heavy (non-hydrogen) atoms. The second kappa shape index (κ2) is 4.12. The zero-order chi connectivity index (χ0) is 15.6. The third-order valence-corrected chi connectivity index (χ3v) is 4.47. The van der Waals surface area contributed by atoms with Crippen LogP contribution in [0.4, 0.5) is 23.7 Å². The first-order valence-electron chi connectivity index (χ1n) is 6.90. The number of fused-ring (bicyclic) bond motifs is 5. The lowest BCUT2D eigenvalue weighted by molar-refractivity contribution is -0.137. The molecule has 2 unspecified atom stereocenters. The third-order valence-electron chi connectivity index (χ3n) is 4.47. The summed E-state index contributed by atoms with van der Waals surface area (Å²) >= 11 is 0. The fourth-order valence-corrected chi connectivity index (χ4v) is 3.52. The number of carbonyl (C=O) groups is 2. The van der Waals surface area contributed by atoms with E-state index in [0.717, 1.165) is 23.5 Å². The van der Waals surface area contributed by atoms with Gasteiger partial charge in [-0.25, -0.2) is 9.69 Å². The molecule has 4 rings (SSSR count). The number of benzene rings is 1. The molecule has 3 amide bonds. The average Bonchev–Trinajstić information content (AvgIpc) is 3.12. The van der Waals surface area contributed by atoms with Crippen LogP contribution in [0.2, 0.25) is 0 Å². The molecule has 2 saturated heterocycles. The fourth-order valence-electron chi connectivity index (χ4n) is 3.52. The highest BCUT2D eigenvalue weighted by Crippen LogP contribution is 2.43. The summed E-state index contributed by atoms with van der Waals surface area (Å²) in [4.78, 5) is 27.3. The molecule has 0 spiro atoms. The lowest BCUT2D eigenvalue weighted by atomic mass is 10.0. The van der Waals surface area contributed by atoms with E-state index in [1.807, 2.05) is 12.2 Å². The molecule has 2 aliphatic heterocycles. The van der Waals surface area contributed by atoms with Gasteiger partial charge in [-0.15, -0.1) is 0 Å². The van der Waals surface area contributed by atoms with Crippen LogP contribution < -0.4 is 4.90 Å². The summed E-state index contributed by atoms with van der Waals surface area (Å²) in [5.74, 6) is -0.474. The van der Waals surface area contributed by atoms with Gasteiger partial charge < -0.3 is 4.90 Å². The lowest BCUT2D eigenvalue weighted by Gasteiger charge is -2.22. The lowest BCUT2D eigenvalue weighted by Crippen LogP contribution is -2.38. The molecule has 4 nitrogen and oxygen atoms in total. The Labute approximate surface area is 123 Å². The van der Waals surface area contributed by atoms with Crippen LogP contribution in [0, 0.1) is 5.92 Å². The minimum Gasteiger partial charge on any atom is -0.305 e. The highest BCUT2D eigenvalue weighted by atomic mass is 19.4. The predicted molar refractivity (Wildman–Crippen MR) is 71.0 cm³/mol. The number of alkyl halides is 3. The number of hydrogen-bond donors (Lipinski definition) is 0. The number of anilines is 1. The van der Waals surface area contributed by atoms with Crippen molar-refractivity contribution in [3.05, 3.63) is 42.0 Å². The average molecular weight is 308 g/mol. The van der Waals surface area contributed by atoms with E-state index in [-0.39, 0.29) is 17.6 Å². The van der Waals surface area contributed by atoms with Crippen molar-refractivity contribution >= 4 is 17.6 Å². The topological polar surface area (TPSA) is 40.6 Å². The molecule has 2 bridgehead atoms. The zero-order valence-electron chi connectivity index (χ0n) is 11.2. The molecule has 0 aromatic heterocycles. The van der Waals surface area contributed by atoms with Gasteiger partial charge in [0.05, 0.1) is 17.3 Å². The Morgan fingerprint density at radius 2 is 1.91 bits per heavy atom. The third kappa shape index (κ3) is 1.65. The van der Waals surface area contributed by atoms with Gasteiger partial charge in [0.1, 0.15) is 6.04 Å². The summed E-state index contributed by atoms with van der Waals surface area (Å²) in [5.41, 5.74) is -0.905. The van der Waals surface area contributed by atoms with Gasteiger partial charge in [-0.1, -0.05) is 18.2 Å². The van der Waals surface area contributed by atoms with Gasteiger partial charge in [0.15, 0.2) is 0 Å². The predicted octanol–water partition coefficient (Wildman–Crippen LogP) is 2.80. The summed E-state index contributed by atoms with van der Waals surface area (Å²) in [6, 6.07) is 3.08. The number of carbonyl (C=O) groups excluding carboxylic acids is 2. The quantitative estimate of drug-likeness (QED) is 0.591. The monoisotopic (exact) mass is 308 g/mol. The first kappa shape index (κ1) is 13.4. The molecule has 3 aliphatic rings. The number of rotatable bonds is 1. The smallest absolute Gasteiger partial charge is 0.305 e. The number of halogens is 3. The van der Waals surface area contributed by atoms with Gasteiger partial charge in [-0.05, 0) is 24.6 Å². The van der Waals surface area contributed by atoms with Gasteiger partial charge in [0, 0.05) is 5.92 Å². The minimum absolute atomic E-state index is 0.0291. The molecule has 0 N–H and O–H groups in total. The van der Waals surface area contributed by atoms with Crippen molar-refractivity contribution in [3.63, 3.8) is 0 Å². The Balaban J connectivity index is 1.73. The maximum absolute atomic E-state index is 12.8. The van der Waals surface area contributed by atoms with Crippen LogP contribution in [0.25, 0.3) is 0 Å². The van der Waals surface area contributed by atoms with Crippen molar-refractivity contribution in [2.75, 3.05) is 4.90 Å². The van der Waals surface area contributed by atoms with Crippen molar-refractivity contribution in [2.45, 2.75) is 24.7 Å². The summed E-state index contributed by atoms with van der Waals surface area (Å²) in [6.07, 6.45) is -0.00815. The molecule has 7 heteroatoms. The van der Waals surface area contributed by atoms with Gasteiger partial charge in [0.25, 0.3) is 5.91 Å². The van der Waals surface area contributed by atoms with Crippen molar-refractivity contribution in [1.82, 2.24) is 4.90 Å². The van der Waals surface area contributed by atoms with E-state index in [1.165, 1.54) is 17.0 Å². The summed E-state index contributed by atoms with van der Waals surface area (Å²) < 4.78 is 38.4. The van der Waals surface area contributed by atoms with Crippen LogP contribution in [-0.4, -0.2) is 28.9 Å². The molecular weight excluding hydrogens is 297 g/mol. The van der Waals surface area contributed by atoms with E-state index in [1.54, 1.807) is 0 Å². The minimum atomic E-state index is -4.52. The second-order valence-corrected chi connectivity index (χ2v) is 5.71. The molecule has 114 valence electrons. The maximum atomic E-state index is 12.8. The van der Waals surface area contributed by atoms with Gasteiger partial charge >= 0.3 is 12.2 Å². The number of imide groups is 1. The number of urea groups is 1. The Bertz CT molecular complexity index is 683. The van der Waals surface area contributed by atoms with Gasteiger partial charge in [-0.2, -0.15) is 13.2 Å². The van der Waals surface area contributed by atoms with E-state index in [4.69, 9.17) is 0 Å². The standard InChI is InChI=1S/C15H11F3N2O2/c16-15(17,18)9-2-1-3-10(7-9)20-13(21)12-8-4-5-11(6-8)19(12)14(20)22/h1-5,7-8,11-12H,6H2/t8?,11-,12?/m0/s1. The normalized spacial score (nSPS) is 29.7. The molecule has 0 radical (unpaired) electrons. The Hall–Kier alpha value is -2.31. The molecule has 2 fully saturated rings. The van der Waals surface area contributed by atoms with Crippen LogP contribution in [0.1, 0.15) is 12.0 Å². The Morgan fingerprint density at radius 1 is 1.14 bits per heavy atom. The molecule has 3 atom stereocenters. The van der Waals surface area contributed by atoms with Crippen LogP contribution >= 0.6 is 0 Å². The maximum Gasteiger partial charge on any atom is 0.416 e. The number of amides is 3. The molecule has 2 heterocycles. The largest absolute Gasteiger partial charge is 0.416 e. The van der Waals surface area contributed by atoms with E-state index < -0.39 is 29.7 Å². The number of hydrogen-bond acceptors (Lipinski definition) is 2. The molecular formula is C15H11F3N2O2. The second-order valence-electron chi connectivity index (χ2n) is 5.71. The van der Waals surface area contributed by atoms with Gasteiger partial charge in [-0.3, -0.25) is 4.79 Å². The molecule has 1 aromatic rings. The van der Waals surface area contributed by atoms with Crippen molar-refractivity contribution < 1.29 is 22.8 Å². The first-order chi connectivity index (χ1) is 10.4. The van der Waals surface area contributed by atoms with E-state index >= 15 is 0 Å². The van der Waals surface area contributed by atoms with Crippen LogP contribution in [0.5, 0.6) is 0 Å². The summed E-state index contributed by atoms with van der Waals surface area (Å²) in [6.45, 7) is 0. The Morgan fingerprint density at radius 3 is 2.59 bits per heavy atom. The highest BCUT2D eigenvalue weighted by molar-refractivity contribution is 6.22. The number of nitrogens with zero attached hydrogens (tertiary/aromatic N) is 2. The van der Waals surface area contributed by atoms with Crippen LogP contribution in [0.15, 0.2) is 36.4 Å². The van der Waals surface area contributed by atoms with E-state index in [9.17, 15) is 22.8 Å². The van der Waals surface area contributed by atoms with Crippen molar-refractivity contribution in [3.8, 4) is 0 Å². The van der Waals surface area contributed by atoms with Crippen molar-refractivity contribution in [2.24, 2.45) is 5.92 Å². The van der Waals surface area contributed by atoms with Crippen molar-refractivity contribution in [1.29, 1.82) is 0 Å². The zero-order valence-corrected chi connectivity index (χ0v) is 11.2. The van der Waals surface area contributed by atoms with E-state index in [2.05, 4.69) is 0 Å². The molecule has 1 aromatic carbocycles. The molecule has 1 aliphatic carbocycles. The summed E-state index contributed by atoms with van der Waals surface area (Å²) in [5, 5.41) is 0. The first-order valence-corrected chi connectivity index (χ1v) is 6.90. The van der Waals surface area contributed by atoms with E-state index in [0.29, 0.717) is 0 Å². The van der Waals surface area contributed by atoms with Crippen LogP contribution in [-0.2, 0) is 11.0 Å². The highest BCUT2D eigenvalue weighted by Gasteiger charge is 2.57. The SMILES string of the molecule is O=C1C2C3C=C[C@@H](C3)N2C(=O)N1c1cccc(C(F)(F)F)c1.